The maximum absolute atomic E-state index is 12.1. The molecule has 0 radical (unpaired) electrons. The molecule has 1 saturated heterocycles. The summed E-state index contributed by atoms with van der Waals surface area (Å²) < 4.78 is 0. The molecule has 0 bridgehead atoms. The van der Waals surface area contributed by atoms with Crippen LogP contribution in [0.2, 0.25) is 0 Å². The van der Waals surface area contributed by atoms with Crippen molar-refractivity contribution < 1.29 is 14.7 Å². The molecule has 1 aliphatic rings. The molecule has 0 spiro atoms. The number of amides is 1. The molecule has 0 aromatic rings. The zero-order valence-corrected chi connectivity index (χ0v) is 11.8. The van der Waals surface area contributed by atoms with Crippen LogP contribution >= 0.6 is 11.8 Å². The molecule has 0 aliphatic carbocycles. The summed E-state index contributed by atoms with van der Waals surface area (Å²) in [5, 5.41) is 11.7. The second kappa shape index (κ2) is 7.63. The molecule has 18 heavy (non-hydrogen) atoms. The molecule has 1 rings (SSSR count). The summed E-state index contributed by atoms with van der Waals surface area (Å²) in [4.78, 5) is 25.2. The van der Waals surface area contributed by atoms with Crippen molar-refractivity contribution in [2.45, 2.75) is 38.3 Å². The van der Waals surface area contributed by atoms with Crippen LogP contribution in [0.1, 0.15) is 26.2 Å². The molecular weight excluding hydrogens is 252 g/mol. The maximum Gasteiger partial charge on any atom is 0.326 e. The van der Waals surface area contributed by atoms with E-state index in [2.05, 4.69) is 10.2 Å². The van der Waals surface area contributed by atoms with Crippen LogP contribution in [0.3, 0.4) is 0 Å². The molecule has 1 amide bonds. The van der Waals surface area contributed by atoms with Gasteiger partial charge in [-0.2, -0.15) is 11.8 Å². The molecule has 2 atom stereocenters. The minimum absolute atomic E-state index is 0.136. The number of carbonyl (C=O) groups excluding carboxylic acids is 1. The molecule has 104 valence electrons. The Kier molecular flexibility index (Phi) is 6.49. The van der Waals surface area contributed by atoms with Gasteiger partial charge in [0.15, 0.2) is 0 Å². The van der Waals surface area contributed by atoms with Crippen molar-refractivity contribution >= 4 is 23.6 Å². The number of rotatable bonds is 7. The summed E-state index contributed by atoms with van der Waals surface area (Å²) in [6.07, 6.45) is 4.24. The van der Waals surface area contributed by atoms with Gasteiger partial charge in [-0.3, -0.25) is 9.69 Å². The van der Waals surface area contributed by atoms with Gasteiger partial charge in [0.05, 0.1) is 6.04 Å². The first-order chi connectivity index (χ1) is 8.60. The summed E-state index contributed by atoms with van der Waals surface area (Å²) in [7, 11) is 0. The topological polar surface area (TPSA) is 69.6 Å². The number of hydrogen-bond donors (Lipinski definition) is 2. The van der Waals surface area contributed by atoms with Crippen molar-refractivity contribution in [2.24, 2.45) is 0 Å². The number of carboxylic acid groups (broad SMARTS) is 1. The van der Waals surface area contributed by atoms with Gasteiger partial charge in [0, 0.05) is 0 Å². The lowest BCUT2D eigenvalue weighted by molar-refractivity contribution is -0.142. The summed E-state index contributed by atoms with van der Waals surface area (Å²) in [5.74, 6) is -0.347. The number of carboxylic acids is 1. The molecule has 1 aliphatic heterocycles. The van der Waals surface area contributed by atoms with Gasteiger partial charge in [-0.1, -0.05) is 6.92 Å². The lowest BCUT2D eigenvalue weighted by atomic mass is 10.1. The van der Waals surface area contributed by atoms with E-state index in [1.165, 1.54) is 0 Å². The Labute approximate surface area is 112 Å². The Morgan fingerprint density at radius 2 is 2.28 bits per heavy atom. The molecule has 6 heteroatoms. The molecule has 1 heterocycles. The number of likely N-dealkylation sites (tertiary alicyclic amines) is 1. The van der Waals surface area contributed by atoms with Gasteiger partial charge in [-0.15, -0.1) is 0 Å². The predicted molar refractivity (Wildman–Crippen MR) is 72.8 cm³/mol. The van der Waals surface area contributed by atoms with Crippen LogP contribution in [0, 0.1) is 0 Å². The number of likely N-dealkylation sites (N-methyl/N-ethyl adjacent to an activating group) is 1. The summed E-state index contributed by atoms with van der Waals surface area (Å²) in [5.41, 5.74) is 0. The van der Waals surface area contributed by atoms with Crippen molar-refractivity contribution in [3.63, 3.8) is 0 Å². The van der Waals surface area contributed by atoms with Crippen LogP contribution in [0.15, 0.2) is 0 Å². The van der Waals surface area contributed by atoms with E-state index in [0.29, 0.717) is 6.42 Å². The summed E-state index contributed by atoms with van der Waals surface area (Å²) in [6.45, 7) is 3.78. The number of thioether (sulfide) groups is 1. The normalized spacial score (nSPS) is 21.8. The molecule has 0 aromatic heterocycles. The van der Waals surface area contributed by atoms with Crippen LogP contribution in [0.25, 0.3) is 0 Å². The number of nitrogens with zero attached hydrogens (tertiary/aromatic N) is 1. The fourth-order valence-corrected chi connectivity index (χ4v) is 2.73. The second-order valence-electron chi connectivity index (χ2n) is 4.47. The minimum Gasteiger partial charge on any atom is -0.480 e. The van der Waals surface area contributed by atoms with Gasteiger partial charge < -0.3 is 10.4 Å². The smallest absolute Gasteiger partial charge is 0.326 e. The van der Waals surface area contributed by atoms with Crippen molar-refractivity contribution in [2.75, 3.05) is 25.1 Å². The molecule has 0 saturated carbocycles. The van der Waals surface area contributed by atoms with Crippen molar-refractivity contribution in [3.05, 3.63) is 0 Å². The summed E-state index contributed by atoms with van der Waals surface area (Å²) >= 11 is 1.59. The highest BCUT2D eigenvalue weighted by Crippen LogP contribution is 2.17. The van der Waals surface area contributed by atoms with Gasteiger partial charge in [0.25, 0.3) is 0 Å². The Morgan fingerprint density at radius 1 is 1.56 bits per heavy atom. The van der Waals surface area contributed by atoms with E-state index in [9.17, 15) is 9.59 Å². The zero-order chi connectivity index (χ0) is 13.5. The maximum atomic E-state index is 12.1. The average molecular weight is 274 g/mol. The number of carbonyl (C=O) groups is 2. The van der Waals surface area contributed by atoms with E-state index in [0.717, 1.165) is 31.7 Å². The van der Waals surface area contributed by atoms with Gasteiger partial charge in [0.1, 0.15) is 6.04 Å². The Balaban J connectivity index is 2.52. The van der Waals surface area contributed by atoms with E-state index >= 15 is 0 Å². The van der Waals surface area contributed by atoms with Crippen molar-refractivity contribution in [3.8, 4) is 0 Å². The van der Waals surface area contributed by atoms with Crippen molar-refractivity contribution in [1.29, 1.82) is 0 Å². The quantitative estimate of drug-likeness (QED) is 0.718. The van der Waals surface area contributed by atoms with Gasteiger partial charge in [-0.05, 0) is 44.4 Å². The van der Waals surface area contributed by atoms with Crippen LogP contribution in [0.4, 0.5) is 0 Å². The Bertz CT molecular complexity index is 299. The molecule has 0 aromatic carbocycles. The Hall–Kier alpha value is -0.750. The predicted octanol–water partition coefficient (Wildman–Crippen LogP) is 0.793. The SMILES string of the molecule is CCN1CCC[C@H]1C(=O)N[C@@H](CCSC)C(=O)O. The van der Waals surface area contributed by atoms with E-state index in [-0.39, 0.29) is 11.9 Å². The molecule has 1 fully saturated rings. The third-order valence-corrected chi connectivity index (χ3v) is 3.94. The van der Waals surface area contributed by atoms with Crippen LogP contribution in [0.5, 0.6) is 0 Å². The number of aliphatic carboxylic acids is 1. The lowest BCUT2D eigenvalue weighted by Gasteiger charge is -2.23. The minimum atomic E-state index is -0.946. The largest absolute Gasteiger partial charge is 0.480 e. The molecule has 5 nitrogen and oxygen atoms in total. The first-order valence-corrected chi connectivity index (χ1v) is 7.75. The van der Waals surface area contributed by atoms with E-state index in [1.807, 2.05) is 13.2 Å². The van der Waals surface area contributed by atoms with E-state index in [4.69, 9.17) is 5.11 Å². The fourth-order valence-electron chi connectivity index (χ4n) is 2.26. The molecule has 0 unspecified atom stereocenters. The Morgan fingerprint density at radius 3 is 2.83 bits per heavy atom. The highest BCUT2D eigenvalue weighted by molar-refractivity contribution is 7.98. The van der Waals surface area contributed by atoms with Crippen LogP contribution in [-0.4, -0.2) is 59.1 Å². The number of hydrogen-bond acceptors (Lipinski definition) is 4. The van der Waals surface area contributed by atoms with E-state index in [1.54, 1.807) is 11.8 Å². The summed E-state index contributed by atoms with van der Waals surface area (Å²) in [6, 6.07) is -0.907. The third kappa shape index (κ3) is 4.17. The lowest BCUT2D eigenvalue weighted by Crippen LogP contribution is -2.49. The van der Waals surface area contributed by atoms with Crippen molar-refractivity contribution in [1.82, 2.24) is 10.2 Å². The standard InChI is InChI=1S/C12H22N2O3S/c1-3-14-7-4-5-10(14)11(15)13-9(12(16)17)6-8-18-2/h9-10H,3-8H2,1-2H3,(H,13,15)(H,16,17)/t9-,10-/m0/s1. The number of nitrogens with one attached hydrogen (secondary N) is 1. The highest BCUT2D eigenvalue weighted by atomic mass is 32.2. The van der Waals surface area contributed by atoms with Gasteiger partial charge in [0.2, 0.25) is 5.91 Å². The second-order valence-corrected chi connectivity index (χ2v) is 5.45. The third-order valence-electron chi connectivity index (χ3n) is 3.30. The molecule has 2 N–H and O–H groups in total. The van der Waals surface area contributed by atoms with Crippen LogP contribution in [-0.2, 0) is 9.59 Å². The van der Waals surface area contributed by atoms with Gasteiger partial charge >= 0.3 is 5.97 Å². The van der Waals surface area contributed by atoms with Gasteiger partial charge in [-0.25, -0.2) is 4.79 Å². The monoisotopic (exact) mass is 274 g/mol. The van der Waals surface area contributed by atoms with E-state index < -0.39 is 12.0 Å². The highest BCUT2D eigenvalue weighted by Gasteiger charge is 2.31. The zero-order valence-electron chi connectivity index (χ0n) is 11.0. The molecular formula is C12H22N2O3S. The fraction of sp³-hybridized carbons (Fsp3) is 0.833. The van der Waals surface area contributed by atoms with Crippen LogP contribution < -0.4 is 5.32 Å². The first-order valence-electron chi connectivity index (χ1n) is 6.36. The average Bonchev–Trinajstić information content (AvgIpc) is 2.82. The first kappa shape index (κ1) is 15.3.